The summed E-state index contributed by atoms with van der Waals surface area (Å²) in [6.45, 7) is 1.69. The molecule has 1 unspecified atom stereocenters. The molecular weight excluding hydrogens is 311 g/mol. The lowest BCUT2D eigenvalue weighted by Crippen LogP contribution is -2.01. The van der Waals surface area contributed by atoms with E-state index in [1.54, 1.807) is 19.1 Å². The van der Waals surface area contributed by atoms with Crippen LogP contribution in [-0.4, -0.2) is 25.1 Å². The number of hydrogen-bond donors (Lipinski definition) is 5. The minimum atomic E-state index is -4.86. The molecule has 118 valence electrons. The first-order chi connectivity index (χ1) is 10.2. The van der Waals surface area contributed by atoms with Gasteiger partial charge in [0.2, 0.25) is 0 Å². The van der Waals surface area contributed by atoms with E-state index in [9.17, 15) is 19.9 Å². The average molecular weight is 326 g/mol. The lowest BCUT2D eigenvalue weighted by molar-refractivity contribution is 0.281. The molecular formula is C14H15O7P. The van der Waals surface area contributed by atoms with Crippen molar-refractivity contribution in [3.8, 4) is 23.0 Å². The van der Waals surface area contributed by atoms with Gasteiger partial charge in [0.1, 0.15) is 23.0 Å². The van der Waals surface area contributed by atoms with E-state index in [1.807, 2.05) is 0 Å². The monoisotopic (exact) mass is 326 g/mol. The molecule has 5 N–H and O–H groups in total. The van der Waals surface area contributed by atoms with Crippen LogP contribution in [0.3, 0.4) is 0 Å². The Kier molecular flexibility index (Phi) is 4.32. The van der Waals surface area contributed by atoms with E-state index >= 15 is 0 Å². The van der Waals surface area contributed by atoms with Gasteiger partial charge < -0.3 is 19.8 Å². The van der Waals surface area contributed by atoms with E-state index in [1.165, 1.54) is 12.1 Å². The number of rotatable bonds is 4. The fourth-order valence-electron chi connectivity index (χ4n) is 2.17. The Hall–Kier alpha value is -2.21. The van der Waals surface area contributed by atoms with Crippen LogP contribution in [0.4, 0.5) is 0 Å². The normalized spacial score (nSPS) is 12.9. The molecule has 0 bridgehead atoms. The van der Waals surface area contributed by atoms with E-state index in [0.29, 0.717) is 5.56 Å². The number of aromatic hydroxyl groups is 3. The molecule has 0 aliphatic heterocycles. The number of phenolic OH excluding ortho intramolecular Hbond substituents is 3. The number of hydrogen-bond acceptors (Lipinski definition) is 5. The third-order valence-corrected chi connectivity index (χ3v) is 3.58. The van der Waals surface area contributed by atoms with Crippen LogP contribution >= 0.6 is 7.82 Å². The van der Waals surface area contributed by atoms with Gasteiger partial charge in [0, 0.05) is 23.6 Å². The molecule has 0 saturated heterocycles. The molecule has 0 fully saturated rings. The molecule has 1 atom stereocenters. The van der Waals surface area contributed by atoms with Gasteiger partial charge in [-0.3, -0.25) is 9.79 Å². The zero-order valence-electron chi connectivity index (χ0n) is 11.5. The maximum atomic E-state index is 11.1. The van der Waals surface area contributed by atoms with Gasteiger partial charge in [-0.25, -0.2) is 4.57 Å². The van der Waals surface area contributed by atoms with E-state index in [-0.39, 0.29) is 28.6 Å². The lowest BCUT2D eigenvalue weighted by Gasteiger charge is -2.19. The molecule has 2 aromatic carbocycles. The third-order valence-electron chi connectivity index (χ3n) is 3.15. The van der Waals surface area contributed by atoms with Crippen LogP contribution in [0.15, 0.2) is 36.4 Å². The van der Waals surface area contributed by atoms with Gasteiger partial charge in [0.15, 0.2) is 0 Å². The van der Waals surface area contributed by atoms with Crippen LogP contribution in [0.2, 0.25) is 0 Å². The van der Waals surface area contributed by atoms with Gasteiger partial charge in [-0.05, 0) is 17.7 Å². The second-order valence-electron chi connectivity index (χ2n) is 4.77. The van der Waals surface area contributed by atoms with Crippen LogP contribution in [0.25, 0.3) is 0 Å². The Morgan fingerprint density at radius 1 is 1.00 bits per heavy atom. The number of phenols is 3. The molecule has 0 aromatic heterocycles. The summed E-state index contributed by atoms with van der Waals surface area (Å²) < 4.78 is 15.6. The van der Waals surface area contributed by atoms with Crippen LogP contribution in [0, 0.1) is 0 Å². The molecule has 0 radical (unpaired) electrons. The van der Waals surface area contributed by atoms with Crippen LogP contribution < -0.4 is 4.52 Å². The fraction of sp³-hybridized carbons (Fsp3) is 0.143. The molecule has 7 nitrogen and oxygen atoms in total. The van der Waals surface area contributed by atoms with Crippen LogP contribution in [-0.2, 0) is 4.57 Å². The predicted octanol–water partition coefficient (Wildman–Crippen LogP) is 2.43. The van der Waals surface area contributed by atoms with Gasteiger partial charge in [0.05, 0.1) is 0 Å². The third kappa shape index (κ3) is 3.71. The van der Waals surface area contributed by atoms with Crippen molar-refractivity contribution in [2.45, 2.75) is 12.8 Å². The standard InChI is InChI=1S/C14H15O7P/c1-8(9-2-4-10(15)5-3-9)14-12(17)6-11(16)7-13(14)21-22(18,19)20/h2-8,15-17H,1H3,(H2,18,19,20). The predicted molar refractivity (Wildman–Crippen MR) is 78.1 cm³/mol. The van der Waals surface area contributed by atoms with Gasteiger partial charge in [0.25, 0.3) is 0 Å². The molecule has 0 spiro atoms. The summed E-state index contributed by atoms with van der Waals surface area (Å²) >= 11 is 0. The first-order valence-electron chi connectivity index (χ1n) is 6.27. The molecule has 22 heavy (non-hydrogen) atoms. The molecule has 2 aromatic rings. The summed E-state index contributed by atoms with van der Waals surface area (Å²) in [7, 11) is -4.86. The number of phosphoric acid groups is 1. The zero-order valence-corrected chi connectivity index (χ0v) is 12.4. The van der Waals surface area contributed by atoms with E-state index < -0.39 is 13.7 Å². The Bertz CT molecular complexity index is 721. The maximum absolute atomic E-state index is 11.1. The number of benzene rings is 2. The lowest BCUT2D eigenvalue weighted by atomic mass is 9.91. The second-order valence-corrected chi connectivity index (χ2v) is 5.94. The highest BCUT2D eigenvalue weighted by Crippen LogP contribution is 2.47. The summed E-state index contributed by atoms with van der Waals surface area (Å²) in [5, 5.41) is 28.8. The molecule has 0 amide bonds. The van der Waals surface area contributed by atoms with E-state index in [0.717, 1.165) is 12.1 Å². The summed E-state index contributed by atoms with van der Waals surface area (Å²) in [5.41, 5.74) is 0.793. The highest BCUT2D eigenvalue weighted by Gasteiger charge is 2.25. The van der Waals surface area contributed by atoms with Gasteiger partial charge in [-0.1, -0.05) is 19.1 Å². The van der Waals surface area contributed by atoms with Gasteiger partial charge in [-0.15, -0.1) is 0 Å². The zero-order chi connectivity index (χ0) is 16.5. The van der Waals surface area contributed by atoms with Crippen LogP contribution in [0.5, 0.6) is 23.0 Å². The smallest absolute Gasteiger partial charge is 0.508 e. The Labute approximate surface area is 126 Å². The first-order valence-corrected chi connectivity index (χ1v) is 7.80. The Morgan fingerprint density at radius 3 is 2.14 bits per heavy atom. The van der Waals surface area contributed by atoms with Crippen molar-refractivity contribution in [3.05, 3.63) is 47.5 Å². The highest BCUT2D eigenvalue weighted by molar-refractivity contribution is 7.46. The SMILES string of the molecule is CC(c1ccc(O)cc1)c1c(O)cc(O)cc1OP(=O)(O)O. The topological polar surface area (TPSA) is 127 Å². The first kappa shape index (κ1) is 16.2. The van der Waals surface area contributed by atoms with Crippen molar-refractivity contribution in [2.75, 3.05) is 0 Å². The van der Waals surface area contributed by atoms with Crippen LogP contribution in [0.1, 0.15) is 24.0 Å². The maximum Gasteiger partial charge on any atom is 0.524 e. The summed E-state index contributed by atoms with van der Waals surface area (Å²) in [6.07, 6.45) is 0. The largest absolute Gasteiger partial charge is 0.524 e. The summed E-state index contributed by atoms with van der Waals surface area (Å²) in [4.78, 5) is 17.9. The van der Waals surface area contributed by atoms with E-state index in [4.69, 9.17) is 9.79 Å². The van der Waals surface area contributed by atoms with Gasteiger partial charge in [-0.2, -0.15) is 0 Å². The van der Waals surface area contributed by atoms with E-state index in [2.05, 4.69) is 4.52 Å². The molecule has 0 aliphatic rings. The molecule has 2 rings (SSSR count). The fourth-order valence-corrected chi connectivity index (χ4v) is 2.57. The Balaban J connectivity index is 2.53. The van der Waals surface area contributed by atoms with Crippen molar-refractivity contribution in [1.29, 1.82) is 0 Å². The summed E-state index contributed by atoms with van der Waals surface area (Å²) in [6, 6.07) is 8.19. The number of phosphoric ester groups is 1. The minimum absolute atomic E-state index is 0.0672. The van der Waals surface area contributed by atoms with Crippen molar-refractivity contribution in [1.82, 2.24) is 0 Å². The average Bonchev–Trinajstić information content (AvgIpc) is 2.36. The van der Waals surface area contributed by atoms with Gasteiger partial charge >= 0.3 is 7.82 Å². The Morgan fingerprint density at radius 2 is 1.59 bits per heavy atom. The minimum Gasteiger partial charge on any atom is -0.508 e. The van der Waals surface area contributed by atoms with Crippen molar-refractivity contribution in [2.24, 2.45) is 0 Å². The quantitative estimate of drug-likeness (QED) is 0.546. The second kappa shape index (κ2) is 5.88. The molecule has 0 saturated carbocycles. The highest BCUT2D eigenvalue weighted by atomic mass is 31.2. The molecule has 8 heteroatoms. The van der Waals surface area contributed by atoms with Crippen molar-refractivity contribution in [3.63, 3.8) is 0 Å². The molecule has 0 heterocycles. The van der Waals surface area contributed by atoms with Crippen molar-refractivity contribution < 1.29 is 34.2 Å². The van der Waals surface area contributed by atoms with Crippen molar-refractivity contribution >= 4 is 7.82 Å². The summed E-state index contributed by atoms with van der Waals surface area (Å²) in [5.74, 6) is -1.49. The molecule has 0 aliphatic carbocycles.